The fraction of sp³-hybridized carbons (Fsp3) is 0.833. The van der Waals surface area contributed by atoms with E-state index >= 15 is 0 Å². The standard InChI is InChI=1S/C18H33BO21.2C6H12O7.Co/c20-1-4(23)7(26)10(29)13(32)16(35)38-19(39-17(36)14(33)11(30)8(27)5(24)2-21)40-18(37)15(34)12(31)9(28)6(25)3-22;2*7-1-2(8)3(9)4(10)5(11)6(12)13;/h4-15,20-34H,1-3H2;2*2-5,7-11H,1H2,(H,12,13);/t4-,5-,6-,7-,8-,9-,10+,11+,12+,13-,14-,15-;2*2-,3-,4+,5-;/m111./s1. The van der Waals surface area contributed by atoms with Gasteiger partial charge in [-0.3, -0.25) is 14.4 Å². The van der Waals surface area contributed by atoms with E-state index in [1.807, 2.05) is 0 Å². The second-order valence-electron chi connectivity index (χ2n) is 13.2. The average molecular weight is 1050 g/mol. The van der Waals surface area contributed by atoms with Gasteiger partial charge in [-0.1, -0.05) is 0 Å². The maximum atomic E-state index is 12.2. The molecule has 0 saturated heterocycles. The molecule has 27 N–H and O–H groups in total. The van der Waals surface area contributed by atoms with Crippen LogP contribution in [0.3, 0.4) is 0 Å². The van der Waals surface area contributed by atoms with Crippen molar-refractivity contribution in [1.29, 1.82) is 0 Å². The normalized spacial score (nSPS) is 20.3. The maximum absolute atomic E-state index is 12.2. The first-order valence-electron chi connectivity index (χ1n) is 18.0. The van der Waals surface area contributed by atoms with Crippen LogP contribution >= 0.6 is 0 Å². The fourth-order valence-electron chi connectivity index (χ4n) is 3.89. The number of carbonyl (C=O) groups is 5. The minimum atomic E-state index is -3.10. The molecule has 0 bridgehead atoms. The van der Waals surface area contributed by atoms with Crippen LogP contribution in [0.5, 0.6) is 0 Å². The molecule has 37 heteroatoms. The van der Waals surface area contributed by atoms with Crippen molar-refractivity contribution in [3.8, 4) is 0 Å². The largest absolute Gasteiger partial charge is 0.870 e. The Balaban J connectivity index is -0.000000595. The molecule has 35 nitrogen and oxygen atoms in total. The van der Waals surface area contributed by atoms with Gasteiger partial charge in [0.25, 0.3) is 0 Å². The summed E-state index contributed by atoms with van der Waals surface area (Å²) in [6, 6.07) is 0. The van der Waals surface area contributed by atoms with Gasteiger partial charge in [-0.25, -0.2) is 9.59 Å². The summed E-state index contributed by atoms with van der Waals surface area (Å²) in [5, 5.41) is 245. The van der Waals surface area contributed by atoms with E-state index < -0.39 is 192 Å². The van der Waals surface area contributed by atoms with Gasteiger partial charge in [0.05, 0.1) is 33.0 Å². The Bertz CT molecular complexity index is 1270. The predicted octanol–water partition coefficient (Wildman–Crippen LogP) is -18.1. The molecule has 0 amide bonds. The molecule has 0 aliphatic carbocycles. The third-order valence-corrected chi connectivity index (χ3v) is 8.14. The zero-order valence-corrected chi connectivity index (χ0v) is 34.9. The van der Waals surface area contributed by atoms with Crippen molar-refractivity contribution in [2.24, 2.45) is 0 Å². The van der Waals surface area contributed by atoms with Crippen LogP contribution in [0.4, 0.5) is 0 Å². The first kappa shape index (κ1) is 70.5. The molecule has 0 fully saturated rings. The minimum Gasteiger partial charge on any atom is -0.479 e. The summed E-state index contributed by atoms with van der Waals surface area (Å²) in [7, 11) is -3.10. The quantitative estimate of drug-likeness (QED) is 0.0324. The van der Waals surface area contributed by atoms with Crippen molar-refractivity contribution in [3.05, 3.63) is 0 Å². The third-order valence-electron chi connectivity index (χ3n) is 8.14. The Labute approximate surface area is 384 Å². The molecule has 399 valence electrons. The van der Waals surface area contributed by atoms with Crippen molar-refractivity contribution in [3.63, 3.8) is 0 Å². The topological polar surface area (TPSA) is 659 Å². The van der Waals surface area contributed by atoms with E-state index in [0.717, 1.165) is 0 Å². The van der Waals surface area contributed by atoms with Crippen LogP contribution in [0.2, 0.25) is 0 Å². The molecule has 0 aliphatic heterocycles. The molecular formula is C30H57BCoO35. The van der Waals surface area contributed by atoms with E-state index in [-0.39, 0.29) is 16.8 Å². The molecule has 0 rings (SSSR count). The van der Waals surface area contributed by atoms with Crippen molar-refractivity contribution in [2.75, 3.05) is 33.0 Å². The second kappa shape index (κ2) is 35.1. The first-order chi connectivity index (χ1) is 30.3. The van der Waals surface area contributed by atoms with Gasteiger partial charge >= 0.3 is 37.2 Å². The fourth-order valence-corrected chi connectivity index (χ4v) is 3.89. The molecule has 20 atom stereocenters. The van der Waals surface area contributed by atoms with Gasteiger partial charge in [0.15, 0.2) is 30.5 Å². The summed E-state index contributed by atoms with van der Waals surface area (Å²) in [5.74, 6) is -9.79. The van der Waals surface area contributed by atoms with Gasteiger partial charge in [-0.15, -0.1) is 0 Å². The van der Waals surface area contributed by atoms with Gasteiger partial charge in [0, 0.05) is 16.8 Å². The van der Waals surface area contributed by atoms with Crippen LogP contribution < -0.4 is 0 Å². The number of aliphatic carboxylic acids is 2. The summed E-state index contributed by atoms with van der Waals surface area (Å²) in [4.78, 5) is 56.7. The van der Waals surface area contributed by atoms with E-state index in [1.54, 1.807) is 0 Å². The number of carbonyl (C=O) groups excluding carboxylic acids is 3. The maximum Gasteiger partial charge on any atom is 0.870 e. The predicted molar refractivity (Wildman–Crippen MR) is 195 cm³/mol. The Morgan fingerprint density at radius 3 is 0.582 bits per heavy atom. The summed E-state index contributed by atoms with van der Waals surface area (Å²) < 4.78 is 12.8. The zero-order valence-electron chi connectivity index (χ0n) is 33.8. The number of aliphatic hydroxyl groups is 25. The molecule has 0 unspecified atom stereocenters. The van der Waals surface area contributed by atoms with Gasteiger partial charge in [-0.05, 0) is 0 Å². The van der Waals surface area contributed by atoms with E-state index in [9.17, 15) is 85.3 Å². The van der Waals surface area contributed by atoms with Crippen LogP contribution in [0, 0.1) is 0 Å². The first-order valence-corrected chi connectivity index (χ1v) is 18.0. The van der Waals surface area contributed by atoms with Crippen molar-refractivity contribution in [1.82, 2.24) is 0 Å². The van der Waals surface area contributed by atoms with Crippen LogP contribution in [-0.2, 0) is 54.7 Å². The van der Waals surface area contributed by atoms with Gasteiger partial charge in [0.1, 0.15) is 91.6 Å². The van der Waals surface area contributed by atoms with Crippen LogP contribution in [0.25, 0.3) is 0 Å². The van der Waals surface area contributed by atoms with Gasteiger partial charge in [-0.2, -0.15) is 0 Å². The smallest absolute Gasteiger partial charge is 0.479 e. The molecule has 1 radical (unpaired) electrons. The number of hydrogen-bond acceptors (Lipinski definition) is 33. The summed E-state index contributed by atoms with van der Waals surface area (Å²) in [5.41, 5.74) is 0. The van der Waals surface area contributed by atoms with E-state index in [1.165, 1.54) is 0 Å². The Morgan fingerprint density at radius 2 is 0.448 bits per heavy atom. The van der Waals surface area contributed by atoms with Crippen molar-refractivity contribution < 1.29 is 193 Å². The van der Waals surface area contributed by atoms with Crippen molar-refractivity contribution >= 4 is 37.2 Å². The third kappa shape index (κ3) is 23.9. The minimum absolute atomic E-state index is 0. The number of rotatable bonds is 28. The van der Waals surface area contributed by atoms with E-state index in [4.69, 9.17) is 76.6 Å². The second-order valence-corrected chi connectivity index (χ2v) is 13.2. The summed E-state index contributed by atoms with van der Waals surface area (Å²) in [6.07, 6.45) is -45.5. The van der Waals surface area contributed by atoms with Gasteiger partial charge < -0.3 is 152 Å². The van der Waals surface area contributed by atoms with Crippen LogP contribution in [0.1, 0.15) is 0 Å². The molecule has 0 aromatic carbocycles. The molecule has 67 heavy (non-hydrogen) atoms. The van der Waals surface area contributed by atoms with E-state index in [2.05, 4.69) is 14.0 Å². The Kier molecular flexibility index (Phi) is 36.9. The van der Waals surface area contributed by atoms with Gasteiger partial charge in [0.2, 0.25) is 0 Å². The summed E-state index contributed by atoms with van der Waals surface area (Å²) in [6.45, 7) is -5.17. The SMILES string of the molecule is O=C(O)[C@H](O)[C@@H](O)[C@H](O)[C@H](O)CO.O=C(O)[C@H](O)[C@@H](O)[C@H](O)[C@H](O)CO.O=C(OB(OC(=O)[C@H](O)[C@@H](O)[C@H](O)[C@H](O)CO)OC(=O)[C@H](O)[C@@H](O)[C@H](O)[C@H](O)CO)[C@H](O)[C@@H](O)[C@H](O)[C@H](O)CO.[Co]. The molecule has 0 saturated carbocycles. The number of carboxylic acids is 2. The van der Waals surface area contributed by atoms with Crippen LogP contribution in [-0.4, -0.2) is 330 Å². The monoisotopic (exact) mass is 1050 g/mol. The Morgan fingerprint density at radius 1 is 0.299 bits per heavy atom. The molecule has 0 aromatic heterocycles. The number of hydrogen-bond donors (Lipinski definition) is 27. The number of aliphatic hydroxyl groups excluding tert-OH is 25. The molecule has 0 aliphatic rings. The van der Waals surface area contributed by atoms with Crippen molar-refractivity contribution in [2.45, 2.75) is 122 Å². The van der Waals surface area contributed by atoms with E-state index in [0.29, 0.717) is 0 Å². The molecule has 0 heterocycles. The summed E-state index contributed by atoms with van der Waals surface area (Å²) >= 11 is 0. The molecular weight excluding hydrogens is 990 g/mol. The molecule has 0 spiro atoms. The Hall–Kier alpha value is -3.08. The zero-order chi connectivity index (χ0) is 52.7. The average Bonchev–Trinajstić information content (AvgIpc) is 3.31. The molecule has 0 aromatic rings. The number of carboxylic acid groups (broad SMARTS) is 2. The van der Waals surface area contributed by atoms with Crippen LogP contribution in [0.15, 0.2) is 0 Å².